The molecule has 0 atom stereocenters. The van der Waals surface area contributed by atoms with Crippen LogP contribution in [0.1, 0.15) is 15.9 Å². The molecule has 0 saturated carbocycles. The van der Waals surface area contributed by atoms with Gasteiger partial charge in [-0.1, -0.05) is 24.3 Å². The second-order valence-electron chi connectivity index (χ2n) is 3.93. The average Bonchev–Trinajstić information content (AvgIpc) is 2.45. The van der Waals surface area contributed by atoms with Crippen LogP contribution in [-0.4, -0.2) is 18.2 Å². The first-order valence-corrected chi connectivity index (χ1v) is 6.77. The Morgan fingerprint density at radius 2 is 2.00 bits per heavy atom. The van der Waals surface area contributed by atoms with Crippen molar-refractivity contribution in [2.75, 3.05) is 7.11 Å². The standard InChI is InChI=1S/C15H14O3S/c1-18-14-8-3-2-5-12(14)10-19-13-7-4-6-11(9-13)15(16)17/h2-9H,10H2,1H3,(H,16,17). The van der Waals surface area contributed by atoms with Gasteiger partial charge in [0.2, 0.25) is 0 Å². The van der Waals surface area contributed by atoms with E-state index in [9.17, 15) is 4.79 Å². The zero-order chi connectivity index (χ0) is 13.7. The summed E-state index contributed by atoms with van der Waals surface area (Å²) in [6, 6.07) is 14.8. The van der Waals surface area contributed by atoms with E-state index in [4.69, 9.17) is 9.84 Å². The molecule has 0 bridgehead atoms. The second kappa shape index (κ2) is 6.29. The summed E-state index contributed by atoms with van der Waals surface area (Å²) in [7, 11) is 1.65. The molecule has 0 saturated heterocycles. The maximum absolute atomic E-state index is 10.9. The SMILES string of the molecule is COc1ccccc1CSc1cccc(C(=O)O)c1. The molecule has 19 heavy (non-hydrogen) atoms. The minimum absolute atomic E-state index is 0.310. The largest absolute Gasteiger partial charge is 0.496 e. The number of para-hydroxylation sites is 1. The summed E-state index contributed by atoms with van der Waals surface area (Å²) in [6.07, 6.45) is 0. The summed E-state index contributed by atoms with van der Waals surface area (Å²) in [5, 5.41) is 8.95. The minimum atomic E-state index is -0.903. The van der Waals surface area contributed by atoms with Crippen LogP contribution in [0.15, 0.2) is 53.4 Å². The first-order chi connectivity index (χ1) is 9.20. The zero-order valence-corrected chi connectivity index (χ0v) is 11.3. The molecule has 0 radical (unpaired) electrons. The highest BCUT2D eigenvalue weighted by molar-refractivity contribution is 7.98. The van der Waals surface area contributed by atoms with E-state index in [1.165, 1.54) is 0 Å². The van der Waals surface area contributed by atoms with Crippen LogP contribution < -0.4 is 4.74 Å². The van der Waals surface area contributed by atoms with Crippen molar-refractivity contribution in [3.05, 3.63) is 59.7 Å². The van der Waals surface area contributed by atoms with Crippen molar-refractivity contribution >= 4 is 17.7 Å². The van der Waals surface area contributed by atoms with Crippen molar-refractivity contribution < 1.29 is 14.6 Å². The number of methoxy groups -OCH3 is 1. The number of ether oxygens (including phenoxy) is 1. The number of hydrogen-bond donors (Lipinski definition) is 1. The van der Waals surface area contributed by atoms with Crippen LogP contribution in [0.25, 0.3) is 0 Å². The fourth-order valence-corrected chi connectivity index (χ4v) is 2.65. The van der Waals surface area contributed by atoms with Crippen molar-refractivity contribution in [3.8, 4) is 5.75 Å². The van der Waals surface area contributed by atoms with E-state index in [0.29, 0.717) is 5.56 Å². The molecule has 0 aliphatic rings. The molecular formula is C15H14O3S. The summed E-state index contributed by atoms with van der Waals surface area (Å²) < 4.78 is 5.29. The molecular weight excluding hydrogens is 260 g/mol. The van der Waals surface area contributed by atoms with Crippen LogP contribution in [0.2, 0.25) is 0 Å². The Kier molecular flexibility index (Phi) is 4.47. The number of aromatic carboxylic acids is 1. The van der Waals surface area contributed by atoms with Gasteiger partial charge in [-0.05, 0) is 24.3 Å². The molecule has 4 heteroatoms. The highest BCUT2D eigenvalue weighted by atomic mass is 32.2. The summed E-state index contributed by atoms with van der Waals surface area (Å²) >= 11 is 1.59. The number of hydrogen-bond acceptors (Lipinski definition) is 3. The third-order valence-electron chi connectivity index (χ3n) is 2.67. The summed E-state index contributed by atoms with van der Waals surface area (Å²) in [6.45, 7) is 0. The van der Waals surface area contributed by atoms with Crippen LogP contribution in [-0.2, 0) is 5.75 Å². The van der Waals surface area contributed by atoms with E-state index >= 15 is 0 Å². The van der Waals surface area contributed by atoms with E-state index < -0.39 is 5.97 Å². The van der Waals surface area contributed by atoms with Crippen molar-refractivity contribution in [2.24, 2.45) is 0 Å². The molecule has 0 spiro atoms. The molecule has 3 nitrogen and oxygen atoms in total. The van der Waals surface area contributed by atoms with Crippen LogP contribution in [0, 0.1) is 0 Å². The molecule has 0 heterocycles. The van der Waals surface area contributed by atoms with Gasteiger partial charge in [0.25, 0.3) is 0 Å². The van der Waals surface area contributed by atoms with Gasteiger partial charge < -0.3 is 9.84 Å². The predicted molar refractivity (Wildman–Crippen MR) is 76.0 cm³/mol. The number of carboxylic acids is 1. The van der Waals surface area contributed by atoms with Gasteiger partial charge in [0, 0.05) is 16.2 Å². The van der Waals surface area contributed by atoms with Gasteiger partial charge in [0.05, 0.1) is 12.7 Å². The first kappa shape index (κ1) is 13.5. The highest BCUT2D eigenvalue weighted by Crippen LogP contribution is 2.28. The second-order valence-corrected chi connectivity index (χ2v) is 4.98. The Bertz CT molecular complexity index is 581. The Hall–Kier alpha value is -1.94. The lowest BCUT2D eigenvalue weighted by Gasteiger charge is -2.08. The number of rotatable bonds is 5. The van der Waals surface area contributed by atoms with Crippen LogP contribution in [0.5, 0.6) is 5.75 Å². The van der Waals surface area contributed by atoms with E-state index in [0.717, 1.165) is 22.0 Å². The van der Waals surface area contributed by atoms with Gasteiger partial charge in [-0.15, -0.1) is 11.8 Å². The fraction of sp³-hybridized carbons (Fsp3) is 0.133. The van der Waals surface area contributed by atoms with Crippen molar-refractivity contribution in [2.45, 2.75) is 10.6 Å². The lowest BCUT2D eigenvalue weighted by molar-refractivity contribution is 0.0696. The van der Waals surface area contributed by atoms with E-state index in [-0.39, 0.29) is 0 Å². The van der Waals surface area contributed by atoms with E-state index in [1.54, 1.807) is 37.1 Å². The Balaban J connectivity index is 2.10. The average molecular weight is 274 g/mol. The third kappa shape index (κ3) is 3.51. The highest BCUT2D eigenvalue weighted by Gasteiger charge is 2.05. The maximum atomic E-state index is 10.9. The number of thioether (sulfide) groups is 1. The smallest absolute Gasteiger partial charge is 0.335 e. The Morgan fingerprint density at radius 3 is 2.74 bits per heavy atom. The molecule has 2 aromatic rings. The number of carbonyl (C=O) groups is 1. The van der Waals surface area contributed by atoms with Crippen molar-refractivity contribution in [1.82, 2.24) is 0 Å². The van der Waals surface area contributed by atoms with E-state index in [2.05, 4.69) is 0 Å². The molecule has 2 aromatic carbocycles. The monoisotopic (exact) mass is 274 g/mol. The lowest BCUT2D eigenvalue weighted by Crippen LogP contribution is -1.95. The van der Waals surface area contributed by atoms with Crippen LogP contribution >= 0.6 is 11.8 Å². The van der Waals surface area contributed by atoms with Gasteiger partial charge in [0.1, 0.15) is 5.75 Å². The number of carboxylic acid groups (broad SMARTS) is 1. The van der Waals surface area contributed by atoms with Crippen molar-refractivity contribution in [3.63, 3.8) is 0 Å². The van der Waals surface area contributed by atoms with Gasteiger partial charge in [-0.2, -0.15) is 0 Å². The first-order valence-electron chi connectivity index (χ1n) is 5.79. The van der Waals surface area contributed by atoms with Gasteiger partial charge in [0.15, 0.2) is 0 Å². The van der Waals surface area contributed by atoms with Crippen molar-refractivity contribution in [1.29, 1.82) is 0 Å². The lowest BCUT2D eigenvalue weighted by atomic mass is 10.2. The topological polar surface area (TPSA) is 46.5 Å². The molecule has 0 aliphatic heterocycles. The van der Waals surface area contributed by atoms with Gasteiger partial charge in [-0.3, -0.25) is 0 Å². The maximum Gasteiger partial charge on any atom is 0.335 e. The third-order valence-corrected chi connectivity index (χ3v) is 3.71. The van der Waals surface area contributed by atoms with Crippen LogP contribution in [0.4, 0.5) is 0 Å². The van der Waals surface area contributed by atoms with Gasteiger partial charge in [-0.25, -0.2) is 4.79 Å². The fourth-order valence-electron chi connectivity index (χ4n) is 1.70. The summed E-state index contributed by atoms with van der Waals surface area (Å²) in [5.74, 6) is 0.691. The van der Waals surface area contributed by atoms with Crippen LogP contribution in [0.3, 0.4) is 0 Å². The predicted octanol–water partition coefficient (Wildman–Crippen LogP) is 3.69. The molecule has 2 rings (SSSR count). The Morgan fingerprint density at radius 1 is 1.21 bits per heavy atom. The molecule has 0 unspecified atom stereocenters. The molecule has 0 fully saturated rings. The van der Waals surface area contributed by atoms with Gasteiger partial charge >= 0.3 is 5.97 Å². The molecule has 0 aromatic heterocycles. The minimum Gasteiger partial charge on any atom is -0.496 e. The molecule has 0 amide bonds. The molecule has 1 N–H and O–H groups in total. The summed E-state index contributed by atoms with van der Waals surface area (Å²) in [5.41, 5.74) is 1.40. The molecule has 98 valence electrons. The summed E-state index contributed by atoms with van der Waals surface area (Å²) in [4.78, 5) is 11.8. The Labute approximate surface area is 116 Å². The van der Waals surface area contributed by atoms with E-state index in [1.807, 2.05) is 30.3 Å². The normalized spacial score (nSPS) is 10.2. The zero-order valence-electron chi connectivity index (χ0n) is 10.5. The number of benzene rings is 2. The molecule has 0 aliphatic carbocycles. The quantitative estimate of drug-likeness (QED) is 0.845.